The van der Waals surface area contributed by atoms with E-state index >= 15 is 0 Å². The van der Waals surface area contributed by atoms with E-state index < -0.39 is 23.9 Å². The molecule has 3 nitrogen and oxygen atoms in total. The number of nitrogens with zero attached hydrogens (tertiary/aromatic N) is 1. The van der Waals surface area contributed by atoms with Gasteiger partial charge in [-0.05, 0) is 33.6 Å². The third-order valence-corrected chi connectivity index (χ3v) is 2.51. The summed E-state index contributed by atoms with van der Waals surface area (Å²) in [7, 11) is 0. The Morgan fingerprint density at radius 3 is 2.29 bits per heavy atom. The quantitative estimate of drug-likeness (QED) is 0.531. The second kappa shape index (κ2) is 4.84. The fourth-order valence-electron chi connectivity index (χ4n) is 1.85. The molecule has 0 bridgehead atoms. The summed E-state index contributed by atoms with van der Waals surface area (Å²) in [6.07, 6.45) is -3.19. The Morgan fingerprint density at radius 2 is 1.82 bits per heavy atom. The van der Waals surface area contributed by atoms with Crippen molar-refractivity contribution in [1.29, 1.82) is 0 Å². The lowest BCUT2D eigenvalue weighted by molar-refractivity contribution is -0.266. The van der Waals surface area contributed by atoms with Gasteiger partial charge in [0, 0.05) is 6.54 Å². The number of alkyl halides is 3. The molecule has 6 heteroatoms. The number of likely N-dealkylation sites (tertiary alicyclic amines) is 1. The smallest absolute Gasteiger partial charge is 0.459 e. The maximum Gasteiger partial charge on any atom is 0.460 e. The topological polar surface area (TPSA) is 29.5 Å². The van der Waals surface area contributed by atoms with Crippen molar-refractivity contribution < 1.29 is 22.7 Å². The third kappa shape index (κ3) is 4.18. The van der Waals surface area contributed by atoms with Crippen molar-refractivity contribution in [2.75, 3.05) is 6.54 Å². The van der Waals surface area contributed by atoms with Crippen LogP contribution in [0.5, 0.6) is 0 Å². The number of esters is 1. The zero-order valence-electron chi connectivity index (χ0n) is 10.3. The number of rotatable bonds is 1. The largest absolute Gasteiger partial charge is 0.460 e. The van der Waals surface area contributed by atoms with Gasteiger partial charge in [-0.1, -0.05) is 6.42 Å². The van der Waals surface area contributed by atoms with Gasteiger partial charge in [-0.2, -0.15) is 13.2 Å². The normalized spacial score (nSPS) is 23.5. The average molecular weight is 253 g/mol. The van der Waals surface area contributed by atoms with Gasteiger partial charge in [0.05, 0.1) is 0 Å². The summed E-state index contributed by atoms with van der Waals surface area (Å²) in [5.74, 6) is -0.783. The highest BCUT2D eigenvalue weighted by Gasteiger charge is 2.46. The first kappa shape index (κ1) is 14.3. The molecule has 100 valence electrons. The fourth-order valence-corrected chi connectivity index (χ4v) is 1.85. The standard InChI is InChI=1S/C11H18F3NO2/c1-10(2,3)17-9(16)8-6-4-5-7-15(8)11(12,13)14/h8H,4-7H2,1-3H3/t8-/m0/s1. The van der Waals surface area contributed by atoms with Gasteiger partial charge in [-0.3, -0.25) is 4.79 Å². The van der Waals surface area contributed by atoms with Crippen LogP contribution in [0.2, 0.25) is 0 Å². The molecule has 1 rings (SSSR count). The molecular formula is C11H18F3NO2. The van der Waals surface area contributed by atoms with Gasteiger partial charge in [0.1, 0.15) is 11.6 Å². The number of carbonyl (C=O) groups excluding carboxylic acids is 1. The van der Waals surface area contributed by atoms with Gasteiger partial charge in [-0.15, -0.1) is 0 Å². The highest BCUT2D eigenvalue weighted by molar-refractivity contribution is 5.76. The lowest BCUT2D eigenvalue weighted by atomic mass is 10.0. The first-order chi connectivity index (χ1) is 7.61. The van der Waals surface area contributed by atoms with Crippen LogP contribution in [0.15, 0.2) is 0 Å². The van der Waals surface area contributed by atoms with E-state index in [1.807, 2.05) is 0 Å². The summed E-state index contributed by atoms with van der Waals surface area (Å²) in [5.41, 5.74) is -0.758. The predicted octanol–water partition coefficient (Wildman–Crippen LogP) is 2.70. The zero-order chi connectivity index (χ0) is 13.3. The minimum Gasteiger partial charge on any atom is -0.459 e. The van der Waals surface area contributed by atoms with Crippen molar-refractivity contribution in [2.45, 2.75) is 58.0 Å². The molecule has 0 aromatic carbocycles. The Morgan fingerprint density at radius 1 is 1.24 bits per heavy atom. The Hall–Kier alpha value is -0.780. The molecule has 1 heterocycles. The van der Waals surface area contributed by atoms with Crippen molar-refractivity contribution in [2.24, 2.45) is 0 Å². The highest BCUT2D eigenvalue weighted by atomic mass is 19.4. The number of halogens is 3. The highest BCUT2D eigenvalue weighted by Crippen LogP contribution is 2.30. The minimum atomic E-state index is -4.47. The van der Waals surface area contributed by atoms with Crippen LogP contribution in [-0.2, 0) is 9.53 Å². The molecule has 1 saturated heterocycles. The SMILES string of the molecule is CC(C)(C)OC(=O)[C@@H]1CCCCN1C(F)(F)F. The van der Waals surface area contributed by atoms with Gasteiger partial charge in [0.25, 0.3) is 0 Å². The van der Waals surface area contributed by atoms with Crippen LogP contribution in [0.3, 0.4) is 0 Å². The summed E-state index contributed by atoms with van der Waals surface area (Å²) < 4.78 is 43.1. The van der Waals surface area contributed by atoms with Crippen LogP contribution >= 0.6 is 0 Å². The Balaban J connectivity index is 2.75. The molecule has 1 aliphatic heterocycles. The monoisotopic (exact) mass is 253 g/mol. The second-order valence-electron chi connectivity index (χ2n) is 5.21. The van der Waals surface area contributed by atoms with Crippen LogP contribution in [0.25, 0.3) is 0 Å². The Labute approximate surface area is 98.9 Å². The van der Waals surface area contributed by atoms with E-state index in [9.17, 15) is 18.0 Å². The molecule has 0 aromatic heterocycles. The third-order valence-electron chi connectivity index (χ3n) is 2.51. The maximum absolute atomic E-state index is 12.7. The molecule has 0 N–H and O–H groups in total. The van der Waals surface area contributed by atoms with E-state index in [-0.39, 0.29) is 17.9 Å². The van der Waals surface area contributed by atoms with Crippen molar-refractivity contribution >= 4 is 5.97 Å². The fraction of sp³-hybridized carbons (Fsp3) is 0.909. The number of hydrogen-bond donors (Lipinski definition) is 0. The zero-order valence-corrected chi connectivity index (χ0v) is 10.3. The van der Waals surface area contributed by atoms with E-state index in [2.05, 4.69) is 0 Å². The second-order valence-corrected chi connectivity index (χ2v) is 5.21. The van der Waals surface area contributed by atoms with E-state index in [0.29, 0.717) is 12.8 Å². The first-order valence-electron chi connectivity index (χ1n) is 5.67. The summed E-state index contributed by atoms with van der Waals surface area (Å²) in [6.45, 7) is 4.80. The summed E-state index contributed by atoms with van der Waals surface area (Å²) >= 11 is 0. The molecule has 0 spiro atoms. The molecule has 0 saturated carbocycles. The summed E-state index contributed by atoms with van der Waals surface area (Å²) in [5, 5.41) is 0. The maximum atomic E-state index is 12.7. The van der Waals surface area contributed by atoms with Gasteiger partial charge in [-0.25, -0.2) is 4.90 Å². The van der Waals surface area contributed by atoms with Crippen molar-refractivity contribution in [3.05, 3.63) is 0 Å². The molecule has 17 heavy (non-hydrogen) atoms. The van der Waals surface area contributed by atoms with Crippen LogP contribution < -0.4 is 0 Å². The van der Waals surface area contributed by atoms with E-state index in [1.165, 1.54) is 0 Å². The van der Waals surface area contributed by atoms with Gasteiger partial charge in [0.2, 0.25) is 0 Å². The molecule has 1 aliphatic rings. The molecule has 0 aromatic rings. The number of hydrogen-bond acceptors (Lipinski definition) is 3. The average Bonchev–Trinajstić information content (AvgIpc) is 2.13. The van der Waals surface area contributed by atoms with E-state index in [1.54, 1.807) is 20.8 Å². The van der Waals surface area contributed by atoms with Gasteiger partial charge < -0.3 is 4.74 Å². The Bertz CT molecular complexity index is 283. The van der Waals surface area contributed by atoms with Crippen LogP contribution in [-0.4, -0.2) is 35.4 Å². The number of ether oxygens (including phenoxy) is 1. The molecule has 1 fully saturated rings. The lowest BCUT2D eigenvalue weighted by Crippen LogP contribution is -2.53. The molecule has 0 aliphatic carbocycles. The van der Waals surface area contributed by atoms with Crippen molar-refractivity contribution in [1.82, 2.24) is 4.90 Å². The first-order valence-corrected chi connectivity index (χ1v) is 5.67. The molecule has 0 radical (unpaired) electrons. The molecule has 0 unspecified atom stereocenters. The van der Waals surface area contributed by atoms with Crippen LogP contribution in [0.4, 0.5) is 13.2 Å². The Kier molecular flexibility index (Phi) is 4.06. The number of piperidine rings is 1. The lowest BCUT2D eigenvalue weighted by Gasteiger charge is -2.36. The van der Waals surface area contributed by atoms with Crippen molar-refractivity contribution in [3.63, 3.8) is 0 Å². The number of carbonyl (C=O) groups is 1. The molecule has 1 atom stereocenters. The summed E-state index contributed by atoms with van der Waals surface area (Å²) in [4.78, 5) is 12.0. The predicted molar refractivity (Wildman–Crippen MR) is 56.2 cm³/mol. The van der Waals surface area contributed by atoms with E-state index in [4.69, 9.17) is 4.74 Å². The van der Waals surface area contributed by atoms with Gasteiger partial charge >= 0.3 is 12.3 Å². The van der Waals surface area contributed by atoms with Crippen LogP contribution in [0, 0.1) is 0 Å². The minimum absolute atomic E-state index is 0.132. The van der Waals surface area contributed by atoms with Crippen molar-refractivity contribution in [3.8, 4) is 0 Å². The van der Waals surface area contributed by atoms with Gasteiger partial charge in [0.15, 0.2) is 0 Å². The summed E-state index contributed by atoms with van der Waals surface area (Å²) in [6, 6.07) is -1.19. The molecule has 0 amide bonds. The molecular weight excluding hydrogens is 235 g/mol. The van der Waals surface area contributed by atoms with Crippen LogP contribution in [0.1, 0.15) is 40.0 Å². The van der Waals surface area contributed by atoms with E-state index in [0.717, 1.165) is 0 Å².